The molecule has 1 amide bonds. The van der Waals surface area contributed by atoms with E-state index in [1.807, 2.05) is 19.0 Å². The number of H-pyrrole nitrogens is 1. The average molecular weight is 309 g/mol. The SMILES string of the molecule is CN(C)c1cc(C(=O)Nc2ccc3nc[nH]c(=O)c3c2)ccn1. The number of aromatic amines is 1. The summed E-state index contributed by atoms with van der Waals surface area (Å²) in [6.45, 7) is 0. The molecule has 0 aliphatic carbocycles. The van der Waals surface area contributed by atoms with Gasteiger partial charge >= 0.3 is 0 Å². The first-order valence-electron chi connectivity index (χ1n) is 6.97. The molecule has 0 unspecified atom stereocenters. The summed E-state index contributed by atoms with van der Waals surface area (Å²) < 4.78 is 0. The monoisotopic (exact) mass is 309 g/mol. The number of anilines is 2. The van der Waals surface area contributed by atoms with Gasteiger partial charge in [0.2, 0.25) is 0 Å². The predicted molar refractivity (Wildman–Crippen MR) is 88.9 cm³/mol. The van der Waals surface area contributed by atoms with Gasteiger partial charge in [-0.05, 0) is 30.3 Å². The Bertz CT molecular complexity index is 933. The van der Waals surface area contributed by atoms with E-state index in [0.717, 1.165) is 0 Å². The summed E-state index contributed by atoms with van der Waals surface area (Å²) in [5.41, 5.74) is 1.35. The van der Waals surface area contributed by atoms with Crippen molar-refractivity contribution in [3.8, 4) is 0 Å². The summed E-state index contributed by atoms with van der Waals surface area (Å²) in [6.07, 6.45) is 2.93. The summed E-state index contributed by atoms with van der Waals surface area (Å²) in [6, 6.07) is 8.34. The lowest BCUT2D eigenvalue weighted by Gasteiger charge is -2.12. The van der Waals surface area contributed by atoms with Crippen molar-refractivity contribution in [3.05, 3.63) is 58.8 Å². The predicted octanol–water partition coefficient (Wildman–Crippen LogP) is 1.64. The molecule has 3 aromatic rings. The number of amides is 1. The van der Waals surface area contributed by atoms with E-state index < -0.39 is 0 Å². The Morgan fingerprint density at radius 1 is 1.17 bits per heavy atom. The van der Waals surface area contributed by atoms with Gasteiger partial charge in [-0.25, -0.2) is 9.97 Å². The molecule has 0 atom stereocenters. The van der Waals surface area contributed by atoms with Gasteiger partial charge in [0.25, 0.3) is 11.5 Å². The number of benzene rings is 1. The van der Waals surface area contributed by atoms with Gasteiger partial charge in [-0.15, -0.1) is 0 Å². The average Bonchev–Trinajstić information content (AvgIpc) is 2.55. The van der Waals surface area contributed by atoms with E-state index in [1.54, 1.807) is 36.5 Å². The Balaban J connectivity index is 1.89. The van der Waals surface area contributed by atoms with Crippen molar-refractivity contribution in [3.63, 3.8) is 0 Å². The Kier molecular flexibility index (Phi) is 3.76. The molecule has 0 aliphatic heterocycles. The molecule has 0 bridgehead atoms. The van der Waals surface area contributed by atoms with E-state index in [2.05, 4.69) is 20.3 Å². The zero-order valence-corrected chi connectivity index (χ0v) is 12.7. The third-order valence-corrected chi connectivity index (χ3v) is 3.36. The Morgan fingerprint density at radius 3 is 2.78 bits per heavy atom. The second-order valence-corrected chi connectivity index (χ2v) is 5.21. The first-order chi connectivity index (χ1) is 11.0. The number of hydrogen-bond donors (Lipinski definition) is 2. The fraction of sp³-hybridized carbons (Fsp3) is 0.125. The number of carbonyl (C=O) groups excluding carboxylic acids is 1. The fourth-order valence-electron chi connectivity index (χ4n) is 2.15. The van der Waals surface area contributed by atoms with E-state index >= 15 is 0 Å². The molecule has 0 fully saturated rings. The fourth-order valence-corrected chi connectivity index (χ4v) is 2.15. The first kappa shape index (κ1) is 14.7. The molecule has 0 saturated heterocycles. The number of nitrogens with zero attached hydrogens (tertiary/aromatic N) is 3. The molecule has 116 valence electrons. The van der Waals surface area contributed by atoms with Crippen LogP contribution >= 0.6 is 0 Å². The quantitative estimate of drug-likeness (QED) is 0.767. The number of hydrogen-bond acceptors (Lipinski definition) is 5. The van der Waals surface area contributed by atoms with E-state index in [1.165, 1.54) is 6.33 Å². The van der Waals surface area contributed by atoms with Crippen LogP contribution in [-0.4, -0.2) is 35.0 Å². The van der Waals surface area contributed by atoms with Crippen molar-refractivity contribution < 1.29 is 4.79 Å². The molecule has 0 aliphatic rings. The number of pyridine rings is 1. The van der Waals surface area contributed by atoms with Crippen LogP contribution in [0, 0.1) is 0 Å². The van der Waals surface area contributed by atoms with Crippen molar-refractivity contribution in [2.45, 2.75) is 0 Å². The summed E-state index contributed by atoms with van der Waals surface area (Å²) in [5.74, 6) is 0.423. The molecule has 23 heavy (non-hydrogen) atoms. The highest BCUT2D eigenvalue weighted by Crippen LogP contribution is 2.16. The summed E-state index contributed by atoms with van der Waals surface area (Å²) in [5, 5.41) is 3.20. The maximum absolute atomic E-state index is 12.4. The van der Waals surface area contributed by atoms with Gasteiger partial charge in [0.15, 0.2) is 0 Å². The number of carbonyl (C=O) groups is 1. The number of rotatable bonds is 3. The molecule has 7 heteroatoms. The van der Waals surface area contributed by atoms with Crippen LogP contribution in [0.5, 0.6) is 0 Å². The van der Waals surface area contributed by atoms with Crippen LogP contribution in [0.2, 0.25) is 0 Å². The highest BCUT2D eigenvalue weighted by atomic mass is 16.1. The topological polar surface area (TPSA) is 91.0 Å². The first-order valence-corrected chi connectivity index (χ1v) is 6.97. The van der Waals surface area contributed by atoms with Crippen LogP contribution in [0.1, 0.15) is 10.4 Å². The van der Waals surface area contributed by atoms with Crippen LogP contribution in [-0.2, 0) is 0 Å². The Hall–Kier alpha value is -3.22. The number of fused-ring (bicyclic) bond motifs is 1. The summed E-state index contributed by atoms with van der Waals surface area (Å²) in [4.78, 5) is 36.7. The van der Waals surface area contributed by atoms with Crippen molar-refractivity contribution in [2.24, 2.45) is 0 Å². The largest absolute Gasteiger partial charge is 0.363 e. The van der Waals surface area contributed by atoms with E-state index in [4.69, 9.17) is 0 Å². The molecule has 0 saturated carbocycles. The lowest BCUT2D eigenvalue weighted by molar-refractivity contribution is 0.102. The van der Waals surface area contributed by atoms with Gasteiger partial charge in [-0.3, -0.25) is 9.59 Å². The molecular formula is C16H15N5O2. The van der Waals surface area contributed by atoms with Crippen LogP contribution in [0.15, 0.2) is 47.7 Å². The maximum atomic E-state index is 12.4. The van der Waals surface area contributed by atoms with Crippen LogP contribution in [0.4, 0.5) is 11.5 Å². The molecule has 2 N–H and O–H groups in total. The second-order valence-electron chi connectivity index (χ2n) is 5.21. The minimum Gasteiger partial charge on any atom is -0.363 e. The van der Waals surface area contributed by atoms with E-state index in [9.17, 15) is 9.59 Å². The van der Waals surface area contributed by atoms with Gasteiger partial charge in [0.05, 0.1) is 17.2 Å². The maximum Gasteiger partial charge on any atom is 0.258 e. The van der Waals surface area contributed by atoms with Crippen molar-refractivity contribution in [1.82, 2.24) is 15.0 Å². The molecule has 2 aromatic heterocycles. The summed E-state index contributed by atoms with van der Waals surface area (Å²) >= 11 is 0. The molecule has 0 spiro atoms. The standard InChI is InChI=1S/C16H15N5O2/c1-21(2)14-7-10(5-6-17-14)15(22)20-11-3-4-13-12(8-11)16(23)19-9-18-13/h3-9H,1-2H3,(H,20,22)(H,18,19,23). The smallest absolute Gasteiger partial charge is 0.258 e. The highest BCUT2D eigenvalue weighted by Gasteiger charge is 2.09. The zero-order chi connectivity index (χ0) is 16.4. The third-order valence-electron chi connectivity index (χ3n) is 3.36. The van der Waals surface area contributed by atoms with Gasteiger partial charge in [0, 0.05) is 31.5 Å². The lowest BCUT2D eigenvalue weighted by atomic mass is 10.2. The highest BCUT2D eigenvalue weighted by molar-refractivity contribution is 6.05. The molecular weight excluding hydrogens is 294 g/mol. The molecule has 0 radical (unpaired) electrons. The van der Waals surface area contributed by atoms with Crippen molar-refractivity contribution >= 4 is 28.3 Å². The third kappa shape index (κ3) is 3.03. The zero-order valence-electron chi connectivity index (χ0n) is 12.7. The minimum absolute atomic E-state index is 0.245. The summed E-state index contributed by atoms with van der Waals surface area (Å²) in [7, 11) is 3.71. The van der Waals surface area contributed by atoms with Gasteiger partial charge in [-0.1, -0.05) is 0 Å². The van der Waals surface area contributed by atoms with Crippen LogP contribution < -0.4 is 15.8 Å². The second kappa shape index (κ2) is 5.88. The molecule has 1 aromatic carbocycles. The molecule has 7 nitrogen and oxygen atoms in total. The Morgan fingerprint density at radius 2 is 2.00 bits per heavy atom. The lowest BCUT2D eigenvalue weighted by Crippen LogP contribution is -2.15. The van der Waals surface area contributed by atoms with E-state index in [0.29, 0.717) is 28.0 Å². The van der Waals surface area contributed by atoms with Crippen LogP contribution in [0.25, 0.3) is 10.9 Å². The Labute approximate surface area is 132 Å². The van der Waals surface area contributed by atoms with Gasteiger partial charge in [-0.2, -0.15) is 0 Å². The van der Waals surface area contributed by atoms with Gasteiger partial charge < -0.3 is 15.2 Å². The minimum atomic E-state index is -0.268. The van der Waals surface area contributed by atoms with Crippen LogP contribution in [0.3, 0.4) is 0 Å². The normalized spacial score (nSPS) is 10.5. The van der Waals surface area contributed by atoms with Crippen molar-refractivity contribution in [1.29, 1.82) is 0 Å². The van der Waals surface area contributed by atoms with Crippen molar-refractivity contribution in [2.75, 3.05) is 24.3 Å². The van der Waals surface area contributed by atoms with E-state index in [-0.39, 0.29) is 11.5 Å². The number of nitrogens with one attached hydrogen (secondary N) is 2. The number of aromatic nitrogens is 3. The molecule has 3 rings (SSSR count). The van der Waals surface area contributed by atoms with Gasteiger partial charge in [0.1, 0.15) is 5.82 Å². The molecule has 2 heterocycles.